The van der Waals surface area contributed by atoms with Crippen LogP contribution in [0, 0.1) is 0 Å². The molecule has 0 atom stereocenters. The van der Waals surface area contributed by atoms with Gasteiger partial charge in [-0.2, -0.15) is 0 Å². The third-order valence-corrected chi connectivity index (χ3v) is 3.46. The summed E-state index contributed by atoms with van der Waals surface area (Å²) in [6, 6.07) is 12.9. The Morgan fingerprint density at radius 2 is 1.65 bits per heavy atom. The number of methoxy groups -OCH3 is 1. The number of hydrogen-bond acceptors (Lipinski definition) is 4. The molecule has 26 heavy (non-hydrogen) atoms. The highest BCUT2D eigenvalue weighted by Crippen LogP contribution is 2.35. The van der Waals surface area contributed by atoms with Crippen LogP contribution >= 0.6 is 0 Å². The van der Waals surface area contributed by atoms with Crippen molar-refractivity contribution in [3.8, 4) is 17.2 Å². The zero-order chi connectivity index (χ0) is 18.8. The van der Waals surface area contributed by atoms with Gasteiger partial charge in [0, 0.05) is 12.1 Å². The summed E-state index contributed by atoms with van der Waals surface area (Å²) in [4.78, 5) is 12.8. The van der Waals surface area contributed by atoms with E-state index in [0.29, 0.717) is 29.4 Å². The normalized spacial score (nSPS) is 10.3. The van der Waals surface area contributed by atoms with Crippen molar-refractivity contribution in [3.63, 3.8) is 0 Å². The van der Waals surface area contributed by atoms with E-state index in [4.69, 9.17) is 14.2 Å². The van der Waals surface area contributed by atoms with Crippen molar-refractivity contribution in [1.29, 1.82) is 0 Å². The van der Waals surface area contributed by atoms with Gasteiger partial charge < -0.3 is 14.2 Å². The molecular weight excluding hydrogens is 328 g/mol. The molecule has 0 fully saturated rings. The van der Waals surface area contributed by atoms with Crippen molar-refractivity contribution in [2.75, 3.05) is 20.3 Å². The summed E-state index contributed by atoms with van der Waals surface area (Å²) in [7, 11) is 1.50. The van der Waals surface area contributed by atoms with E-state index < -0.39 is 0 Å². The molecule has 2 aromatic rings. The zero-order valence-corrected chi connectivity index (χ0v) is 14.8. The van der Waals surface area contributed by atoms with Crippen molar-refractivity contribution in [3.05, 3.63) is 85.0 Å². The second-order valence-electron chi connectivity index (χ2n) is 5.31. The molecule has 0 bridgehead atoms. The molecule has 0 saturated heterocycles. The highest BCUT2D eigenvalue weighted by Gasteiger charge is 2.19. The molecule has 0 aliphatic rings. The largest absolute Gasteiger partial charge is 0.496 e. The predicted octanol–water partition coefficient (Wildman–Crippen LogP) is 4.72. The highest BCUT2D eigenvalue weighted by molar-refractivity contribution is 6.10. The Morgan fingerprint density at radius 1 is 1.00 bits per heavy atom. The Bertz CT molecular complexity index is 791. The van der Waals surface area contributed by atoms with Gasteiger partial charge in [-0.05, 0) is 11.6 Å². The Labute approximate surface area is 154 Å². The number of allylic oxidation sites excluding steroid dienone is 1. The Kier molecular flexibility index (Phi) is 7.25. The summed E-state index contributed by atoms with van der Waals surface area (Å²) in [6.07, 6.45) is 6.50. The second-order valence-corrected chi connectivity index (χ2v) is 5.31. The van der Waals surface area contributed by atoms with Gasteiger partial charge in [0.2, 0.25) is 0 Å². The van der Waals surface area contributed by atoms with Gasteiger partial charge in [0.15, 0.2) is 5.78 Å². The molecule has 2 rings (SSSR count). The van der Waals surface area contributed by atoms with Crippen LogP contribution in [0.2, 0.25) is 0 Å². The zero-order valence-electron chi connectivity index (χ0n) is 14.8. The van der Waals surface area contributed by atoms with Crippen LogP contribution in [0.25, 0.3) is 6.08 Å². The molecule has 0 aliphatic carbocycles. The topological polar surface area (TPSA) is 44.8 Å². The summed E-state index contributed by atoms with van der Waals surface area (Å²) in [5.41, 5.74) is 1.27. The van der Waals surface area contributed by atoms with E-state index in [9.17, 15) is 4.79 Å². The van der Waals surface area contributed by atoms with E-state index in [1.807, 2.05) is 30.3 Å². The molecule has 0 spiro atoms. The first kappa shape index (κ1) is 19.1. The van der Waals surface area contributed by atoms with Crippen LogP contribution in [0.1, 0.15) is 15.9 Å². The van der Waals surface area contributed by atoms with Gasteiger partial charge in [-0.3, -0.25) is 4.79 Å². The number of ketones is 1. The lowest BCUT2D eigenvalue weighted by molar-refractivity contribution is 0.104. The average molecular weight is 350 g/mol. The number of benzene rings is 2. The maximum Gasteiger partial charge on any atom is 0.193 e. The molecular formula is C22H22O4. The fourth-order valence-corrected chi connectivity index (χ4v) is 2.29. The van der Waals surface area contributed by atoms with E-state index in [-0.39, 0.29) is 12.4 Å². The van der Waals surface area contributed by atoms with Gasteiger partial charge in [-0.1, -0.05) is 61.7 Å². The summed E-state index contributed by atoms with van der Waals surface area (Å²) in [5.74, 6) is 1.07. The lowest BCUT2D eigenvalue weighted by Crippen LogP contribution is -2.06. The van der Waals surface area contributed by atoms with Crippen LogP contribution in [-0.4, -0.2) is 26.1 Å². The average Bonchev–Trinajstić information content (AvgIpc) is 2.69. The summed E-state index contributed by atoms with van der Waals surface area (Å²) in [6.45, 7) is 7.87. The first-order valence-electron chi connectivity index (χ1n) is 8.16. The third kappa shape index (κ3) is 5.11. The van der Waals surface area contributed by atoms with Crippen LogP contribution < -0.4 is 14.2 Å². The lowest BCUT2D eigenvalue weighted by Gasteiger charge is -2.15. The van der Waals surface area contributed by atoms with Crippen molar-refractivity contribution < 1.29 is 19.0 Å². The molecule has 2 aromatic carbocycles. The first-order chi connectivity index (χ1) is 12.7. The molecule has 0 N–H and O–H groups in total. The predicted molar refractivity (Wildman–Crippen MR) is 104 cm³/mol. The van der Waals surface area contributed by atoms with E-state index >= 15 is 0 Å². The van der Waals surface area contributed by atoms with Crippen molar-refractivity contribution in [1.82, 2.24) is 0 Å². The minimum atomic E-state index is -0.222. The first-order valence-corrected chi connectivity index (χ1v) is 8.16. The molecule has 0 amide bonds. The standard InChI is InChI=1S/C22H22O4/c1-4-13-25-18-15-20(24-3)22(21(16-18)26-14-5-2)19(23)12-11-17-9-7-6-8-10-17/h4-12,15-16H,1-2,13-14H2,3H3. The molecule has 0 heterocycles. The monoisotopic (exact) mass is 350 g/mol. The van der Waals surface area contributed by atoms with Crippen molar-refractivity contribution in [2.45, 2.75) is 0 Å². The Balaban J connectivity index is 2.39. The second kappa shape index (κ2) is 9.89. The Morgan fingerprint density at radius 3 is 2.31 bits per heavy atom. The number of ether oxygens (including phenoxy) is 3. The number of carbonyl (C=O) groups is 1. The molecule has 4 heteroatoms. The summed E-state index contributed by atoms with van der Waals surface area (Å²) in [5, 5.41) is 0. The molecule has 4 nitrogen and oxygen atoms in total. The Hall–Kier alpha value is -3.27. The maximum atomic E-state index is 12.8. The van der Waals surface area contributed by atoms with E-state index in [0.717, 1.165) is 5.56 Å². The fourth-order valence-electron chi connectivity index (χ4n) is 2.29. The van der Waals surface area contributed by atoms with Crippen molar-refractivity contribution >= 4 is 11.9 Å². The lowest BCUT2D eigenvalue weighted by atomic mass is 10.1. The highest BCUT2D eigenvalue weighted by atomic mass is 16.5. The molecule has 134 valence electrons. The summed E-state index contributed by atoms with van der Waals surface area (Å²) >= 11 is 0. The SMILES string of the molecule is C=CCOc1cc(OC)c(C(=O)C=Cc2ccccc2)c(OCC=C)c1. The van der Waals surface area contributed by atoms with Crippen molar-refractivity contribution in [2.24, 2.45) is 0 Å². The quantitative estimate of drug-likeness (QED) is 0.353. The molecule has 0 radical (unpaired) electrons. The summed E-state index contributed by atoms with van der Waals surface area (Å²) < 4.78 is 16.6. The van der Waals surface area contributed by atoms with Gasteiger partial charge in [0.05, 0.1) is 7.11 Å². The van der Waals surface area contributed by atoms with Crippen LogP contribution in [0.4, 0.5) is 0 Å². The number of rotatable bonds is 10. The van der Waals surface area contributed by atoms with Gasteiger partial charge in [0.25, 0.3) is 0 Å². The van der Waals surface area contributed by atoms with Gasteiger partial charge >= 0.3 is 0 Å². The van der Waals surface area contributed by atoms with Gasteiger partial charge in [-0.25, -0.2) is 0 Å². The molecule has 0 aromatic heterocycles. The van der Waals surface area contributed by atoms with Crippen LogP contribution in [-0.2, 0) is 0 Å². The fraction of sp³-hybridized carbons (Fsp3) is 0.136. The third-order valence-electron chi connectivity index (χ3n) is 3.46. The minimum absolute atomic E-state index is 0.222. The van der Waals surface area contributed by atoms with Crippen LogP contribution in [0.5, 0.6) is 17.2 Å². The molecule has 0 aliphatic heterocycles. The van der Waals surface area contributed by atoms with Crippen LogP contribution in [0.15, 0.2) is 73.9 Å². The number of carbonyl (C=O) groups excluding carboxylic acids is 1. The molecule has 0 saturated carbocycles. The smallest absolute Gasteiger partial charge is 0.193 e. The minimum Gasteiger partial charge on any atom is -0.496 e. The van der Waals surface area contributed by atoms with E-state index in [1.54, 1.807) is 30.4 Å². The van der Waals surface area contributed by atoms with Gasteiger partial charge in [-0.15, -0.1) is 0 Å². The van der Waals surface area contributed by atoms with Gasteiger partial charge in [0.1, 0.15) is 36.0 Å². The number of hydrogen-bond donors (Lipinski definition) is 0. The maximum absolute atomic E-state index is 12.8. The molecule has 0 unspecified atom stereocenters. The van der Waals surface area contributed by atoms with Crippen LogP contribution in [0.3, 0.4) is 0 Å². The van der Waals surface area contributed by atoms with E-state index in [2.05, 4.69) is 13.2 Å². The van der Waals surface area contributed by atoms with E-state index in [1.165, 1.54) is 13.2 Å².